The maximum Gasteiger partial charge on any atom is 0.335 e. The number of ether oxygens (including phenoxy) is 1. The van der Waals surface area contributed by atoms with E-state index in [0.717, 1.165) is 38.0 Å². The summed E-state index contributed by atoms with van der Waals surface area (Å²) in [5, 5.41) is 27.9. The number of hydrogen-bond acceptors (Lipinski definition) is 6. The van der Waals surface area contributed by atoms with Crippen LogP contribution in [0.2, 0.25) is 0 Å². The number of hydrogen-bond donors (Lipinski definition) is 2. The van der Waals surface area contributed by atoms with E-state index in [1.807, 2.05) is 48.5 Å². The number of carboxylic acid groups (broad SMARTS) is 1. The summed E-state index contributed by atoms with van der Waals surface area (Å²) in [6.07, 6.45) is 0.615. The van der Waals surface area contributed by atoms with Gasteiger partial charge in [0.05, 0.1) is 12.2 Å². The highest BCUT2D eigenvalue weighted by atomic mass is 32.1. The Balaban J connectivity index is 1.46. The van der Waals surface area contributed by atoms with Gasteiger partial charge in [-0.25, -0.2) is 4.79 Å². The summed E-state index contributed by atoms with van der Waals surface area (Å²) in [5.74, 6) is -0.167. The molecule has 0 aliphatic rings. The van der Waals surface area contributed by atoms with Crippen LogP contribution in [0.25, 0.3) is 32.3 Å². The van der Waals surface area contributed by atoms with E-state index in [-0.39, 0.29) is 12.2 Å². The number of benzene rings is 3. The number of aromatic nitrogens is 2. The van der Waals surface area contributed by atoms with Crippen molar-refractivity contribution in [1.82, 2.24) is 10.2 Å². The summed E-state index contributed by atoms with van der Waals surface area (Å²) in [6.45, 7) is 0.621. The molecule has 0 fully saturated rings. The molecule has 2 N–H and O–H groups in total. The Morgan fingerprint density at radius 1 is 0.774 bits per heavy atom. The van der Waals surface area contributed by atoms with E-state index in [9.17, 15) is 4.79 Å². The van der Waals surface area contributed by atoms with Crippen LogP contribution < -0.4 is 4.74 Å². The average Bonchev–Trinajstić information content (AvgIpc) is 3.30. The molecule has 0 amide bonds. The number of carbonyl (C=O) groups is 1. The van der Waals surface area contributed by atoms with Crippen LogP contribution in [0.5, 0.6) is 5.75 Å². The van der Waals surface area contributed by atoms with Crippen LogP contribution in [0.1, 0.15) is 16.8 Å². The molecule has 0 unspecified atom stereocenters. The number of aromatic carboxylic acids is 1. The van der Waals surface area contributed by atoms with Crippen molar-refractivity contribution in [1.29, 1.82) is 0 Å². The van der Waals surface area contributed by atoms with Crippen molar-refractivity contribution in [2.24, 2.45) is 0 Å². The number of rotatable bonds is 8. The van der Waals surface area contributed by atoms with Gasteiger partial charge >= 0.3 is 5.97 Å². The van der Waals surface area contributed by atoms with Crippen molar-refractivity contribution in [3.05, 3.63) is 78.4 Å². The summed E-state index contributed by atoms with van der Waals surface area (Å²) < 4.78 is 5.57. The Morgan fingerprint density at radius 3 is 1.77 bits per heavy atom. The summed E-state index contributed by atoms with van der Waals surface area (Å²) in [4.78, 5) is 11.0. The van der Waals surface area contributed by atoms with E-state index < -0.39 is 5.97 Å². The minimum atomic E-state index is -0.951. The predicted molar refractivity (Wildman–Crippen MR) is 120 cm³/mol. The normalized spacial score (nSPS) is 10.7. The molecule has 0 bridgehead atoms. The molecule has 156 valence electrons. The number of carboxylic acids is 1. The van der Waals surface area contributed by atoms with Crippen LogP contribution in [0, 0.1) is 0 Å². The fourth-order valence-electron chi connectivity index (χ4n) is 3.02. The van der Waals surface area contributed by atoms with E-state index in [1.54, 1.807) is 24.3 Å². The molecule has 0 saturated carbocycles. The summed E-state index contributed by atoms with van der Waals surface area (Å²) in [7, 11) is 0. The van der Waals surface area contributed by atoms with Gasteiger partial charge in [0.25, 0.3) is 0 Å². The van der Waals surface area contributed by atoms with Gasteiger partial charge in [0.15, 0.2) is 0 Å². The quantitative estimate of drug-likeness (QED) is 0.381. The Hall–Kier alpha value is -3.55. The molecule has 0 atom stereocenters. The maximum absolute atomic E-state index is 11.0. The summed E-state index contributed by atoms with van der Waals surface area (Å²) >= 11 is 1.46. The van der Waals surface area contributed by atoms with Crippen LogP contribution in [0.15, 0.2) is 72.8 Å². The van der Waals surface area contributed by atoms with Crippen LogP contribution in [0.4, 0.5) is 0 Å². The van der Waals surface area contributed by atoms with Gasteiger partial charge < -0.3 is 14.9 Å². The second-order valence-corrected chi connectivity index (χ2v) is 7.80. The zero-order valence-electron chi connectivity index (χ0n) is 16.6. The first-order valence-corrected chi connectivity index (χ1v) is 10.6. The molecule has 3 aromatic carbocycles. The van der Waals surface area contributed by atoms with Crippen molar-refractivity contribution in [3.63, 3.8) is 0 Å². The molecule has 7 heteroatoms. The van der Waals surface area contributed by atoms with Crippen molar-refractivity contribution in [3.8, 4) is 38.0 Å². The third-order valence-corrected chi connectivity index (χ3v) is 5.72. The Bertz CT molecular complexity index is 1150. The minimum absolute atomic E-state index is 0.123. The smallest absolute Gasteiger partial charge is 0.335 e. The van der Waals surface area contributed by atoms with E-state index in [0.29, 0.717) is 13.0 Å². The number of aliphatic hydroxyl groups is 1. The van der Waals surface area contributed by atoms with Crippen molar-refractivity contribution < 1.29 is 19.7 Å². The Kier molecular flexibility index (Phi) is 6.35. The highest BCUT2D eigenvalue weighted by Crippen LogP contribution is 2.31. The molecular formula is C24H20N2O4S. The van der Waals surface area contributed by atoms with Gasteiger partial charge in [-0.15, -0.1) is 10.2 Å². The number of nitrogens with zero attached hydrogens (tertiary/aromatic N) is 2. The monoisotopic (exact) mass is 432 g/mol. The maximum atomic E-state index is 11.0. The average molecular weight is 433 g/mol. The molecule has 31 heavy (non-hydrogen) atoms. The zero-order chi connectivity index (χ0) is 21.6. The third-order valence-electron chi connectivity index (χ3n) is 4.69. The lowest BCUT2D eigenvalue weighted by atomic mass is 10.0. The summed E-state index contributed by atoms with van der Waals surface area (Å²) in [5.41, 5.74) is 4.22. The molecule has 1 aromatic heterocycles. The van der Waals surface area contributed by atoms with E-state index >= 15 is 0 Å². The zero-order valence-corrected chi connectivity index (χ0v) is 17.4. The fourth-order valence-corrected chi connectivity index (χ4v) is 3.87. The minimum Gasteiger partial charge on any atom is -0.494 e. The molecule has 4 aromatic rings. The van der Waals surface area contributed by atoms with Crippen LogP contribution in [0.3, 0.4) is 0 Å². The second-order valence-electron chi connectivity index (χ2n) is 6.82. The van der Waals surface area contributed by atoms with Gasteiger partial charge in [0.2, 0.25) is 0 Å². The lowest BCUT2D eigenvalue weighted by molar-refractivity contribution is 0.0697. The van der Waals surface area contributed by atoms with Gasteiger partial charge in [-0.05, 0) is 35.4 Å². The third kappa shape index (κ3) is 4.96. The van der Waals surface area contributed by atoms with Gasteiger partial charge in [0, 0.05) is 24.2 Å². The fraction of sp³-hybridized carbons (Fsp3) is 0.125. The Labute approximate surface area is 183 Å². The van der Waals surface area contributed by atoms with E-state index in [2.05, 4.69) is 10.2 Å². The van der Waals surface area contributed by atoms with Crippen LogP contribution in [-0.4, -0.2) is 39.6 Å². The molecule has 0 aliphatic carbocycles. The van der Waals surface area contributed by atoms with E-state index in [4.69, 9.17) is 14.9 Å². The molecule has 6 nitrogen and oxygen atoms in total. The Morgan fingerprint density at radius 2 is 1.26 bits per heavy atom. The van der Waals surface area contributed by atoms with Gasteiger partial charge in [-0.1, -0.05) is 59.9 Å². The van der Waals surface area contributed by atoms with Crippen LogP contribution in [-0.2, 0) is 0 Å². The molecule has 0 radical (unpaired) electrons. The lowest BCUT2D eigenvalue weighted by Gasteiger charge is -2.07. The highest BCUT2D eigenvalue weighted by Gasteiger charge is 2.10. The largest absolute Gasteiger partial charge is 0.494 e. The SMILES string of the molecule is O=C(O)c1ccc(-c2nnc(-c3ccc(-c4ccc(OCCCO)cc4)cc3)s2)cc1. The van der Waals surface area contributed by atoms with Gasteiger partial charge in [-0.2, -0.15) is 0 Å². The van der Waals surface area contributed by atoms with E-state index in [1.165, 1.54) is 11.3 Å². The first kappa shape index (κ1) is 20.7. The van der Waals surface area contributed by atoms with Crippen molar-refractivity contribution in [2.75, 3.05) is 13.2 Å². The first-order valence-electron chi connectivity index (χ1n) is 9.76. The summed E-state index contributed by atoms with van der Waals surface area (Å²) in [6, 6.07) is 22.6. The highest BCUT2D eigenvalue weighted by molar-refractivity contribution is 7.17. The predicted octanol–water partition coefficient (Wildman–Crippen LogP) is 5.00. The topological polar surface area (TPSA) is 92.5 Å². The van der Waals surface area contributed by atoms with Gasteiger partial charge in [0.1, 0.15) is 15.8 Å². The molecule has 0 saturated heterocycles. The molecule has 1 heterocycles. The van der Waals surface area contributed by atoms with Crippen molar-refractivity contribution >= 4 is 17.3 Å². The molecule has 0 spiro atoms. The van der Waals surface area contributed by atoms with Crippen LogP contribution >= 0.6 is 11.3 Å². The lowest BCUT2D eigenvalue weighted by Crippen LogP contribution is -1.99. The first-order chi connectivity index (χ1) is 15.1. The molecule has 4 rings (SSSR count). The second kappa shape index (κ2) is 9.51. The standard InChI is InChI=1S/C24H20N2O4S/c27-14-1-15-30-21-12-10-17(11-13-21)16-2-4-18(5-3-16)22-25-26-23(31-22)19-6-8-20(9-7-19)24(28)29/h2-13,27H,1,14-15H2,(H,28,29). The van der Waals surface area contributed by atoms with Gasteiger partial charge in [-0.3, -0.25) is 0 Å². The molecular weight excluding hydrogens is 412 g/mol. The van der Waals surface area contributed by atoms with Crippen molar-refractivity contribution in [2.45, 2.75) is 6.42 Å². The number of aliphatic hydroxyl groups excluding tert-OH is 1. The molecule has 0 aliphatic heterocycles.